The van der Waals surface area contributed by atoms with Gasteiger partial charge in [-0.2, -0.15) is 0 Å². The summed E-state index contributed by atoms with van der Waals surface area (Å²) in [4.78, 5) is 4.22. The summed E-state index contributed by atoms with van der Waals surface area (Å²) in [6.07, 6.45) is 2.15. The molecule has 4 nitrogen and oxygen atoms in total. The Morgan fingerprint density at radius 1 is 1.29 bits per heavy atom. The van der Waals surface area contributed by atoms with Crippen molar-refractivity contribution in [2.75, 3.05) is 13.2 Å². The van der Waals surface area contributed by atoms with Gasteiger partial charge in [-0.3, -0.25) is 0 Å². The highest BCUT2D eigenvalue weighted by Crippen LogP contribution is 2.24. The Kier molecular flexibility index (Phi) is 3.77. The number of aromatic nitrogens is 1. The number of nitrogens with zero attached hydrogens (tertiary/aromatic N) is 1. The van der Waals surface area contributed by atoms with Crippen LogP contribution in [0.3, 0.4) is 0 Å². The van der Waals surface area contributed by atoms with Gasteiger partial charge in [-0.25, -0.2) is 4.98 Å². The molecule has 0 aliphatic rings. The topological polar surface area (TPSA) is 61.3 Å². The third-order valence-corrected chi connectivity index (χ3v) is 2.45. The standard InChI is InChI=1S/C13H16N2O2/c1-2-16-11-5-3-10(4-6-11)13-12(7-8-14)17-9-15-13/h3-6,9H,2,7-8,14H2,1H3. The summed E-state index contributed by atoms with van der Waals surface area (Å²) in [5.74, 6) is 1.69. The van der Waals surface area contributed by atoms with E-state index in [1.807, 2.05) is 31.2 Å². The molecule has 90 valence electrons. The summed E-state index contributed by atoms with van der Waals surface area (Å²) in [5, 5.41) is 0. The highest BCUT2D eigenvalue weighted by Gasteiger charge is 2.09. The van der Waals surface area contributed by atoms with Gasteiger partial charge in [0.05, 0.1) is 6.61 Å². The number of benzene rings is 1. The van der Waals surface area contributed by atoms with Crippen molar-refractivity contribution in [1.82, 2.24) is 4.98 Å². The molecule has 2 aromatic rings. The second kappa shape index (κ2) is 5.50. The normalized spacial score (nSPS) is 10.5. The van der Waals surface area contributed by atoms with Crippen LogP contribution in [-0.2, 0) is 6.42 Å². The Morgan fingerprint density at radius 3 is 2.71 bits per heavy atom. The van der Waals surface area contributed by atoms with Crippen LogP contribution in [0.5, 0.6) is 5.75 Å². The predicted octanol–water partition coefficient (Wildman–Crippen LogP) is 2.24. The lowest BCUT2D eigenvalue weighted by molar-refractivity contribution is 0.340. The summed E-state index contributed by atoms with van der Waals surface area (Å²) in [7, 11) is 0. The highest BCUT2D eigenvalue weighted by atomic mass is 16.5. The second-order valence-electron chi connectivity index (χ2n) is 3.62. The van der Waals surface area contributed by atoms with Crippen LogP contribution >= 0.6 is 0 Å². The van der Waals surface area contributed by atoms with E-state index in [0.717, 1.165) is 22.8 Å². The zero-order chi connectivity index (χ0) is 12.1. The van der Waals surface area contributed by atoms with Crippen LogP contribution < -0.4 is 10.5 Å². The molecule has 4 heteroatoms. The van der Waals surface area contributed by atoms with Crippen LogP contribution in [0.15, 0.2) is 35.1 Å². The molecule has 0 bridgehead atoms. The van der Waals surface area contributed by atoms with Crippen molar-refractivity contribution in [3.05, 3.63) is 36.4 Å². The van der Waals surface area contributed by atoms with Crippen molar-refractivity contribution >= 4 is 0 Å². The smallest absolute Gasteiger partial charge is 0.181 e. The fraction of sp³-hybridized carbons (Fsp3) is 0.308. The SMILES string of the molecule is CCOc1ccc(-c2ncoc2CCN)cc1. The second-order valence-corrected chi connectivity index (χ2v) is 3.62. The van der Waals surface area contributed by atoms with Crippen molar-refractivity contribution in [3.63, 3.8) is 0 Å². The van der Waals surface area contributed by atoms with Crippen LogP contribution in [0.1, 0.15) is 12.7 Å². The van der Waals surface area contributed by atoms with E-state index in [0.29, 0.717) is 19.6 Å². The Morgan fingerprint density at radius 2 is 2.06 bits per heavy atom. The minimum atomic E-state index is 0.555. The monoisotopic (exact) mass is 232 g/mol. The first kappa shape index (κ1) is 11.7. The first-order valence-corrected chi connectivity index (χ1v) is 5.70. The summed E-state index contributed by atoms with van der Waals surface area (Å²) >= 11 is 0. The Balaban J connectivity index is 2.23. The maximum atomic E-state index is 5.52. The van der Waals surface area contributed by atoms with E-state index in [1.54, 1.807) is 0 Å². The third kappa shape index (κ3) is 2.65. The number of oxazole rings is 1. The lowest BCUT2D eigenvalue weighted by atomic mass is 10.1. The largest absolute Gasteiger partial charge is 0.494 e. The fourth-order valence-corrected chi connectivity index (χ4v) is 1.69. The molecule has 0 atom stereocenters. The van der Waals surface area contributed by atoms with Crippen LogP contribution in [0.4, 0.5) is 0 Å². The molecule has 1 aromatic heterocycles. The van der Waals surface area contributed by atoms with Gasteiger partial charge in [-0.05, 0) is 37.7 Å². The molecule has 1 heterocycles. The molecular formula is C13H16N2O2. The van der Waals surface area contributed by atoms with Crippen LogP contribution in [0.25, 0.3) is 11.3 Å². The van der Waals surface area contributed by atoms with E-state index in [1.165, 1.54) is 6.39 Å². The van der Waals surface area contributed by atoms with Gasteiger partial charge >= 0.3 is 0 Å². The van der Waals surface area contributed by atoms with E-state index < -0.39 is 0 Å². The minimum Gasteiger partial charge on any atom is -0.494 e. The molecule has 0 aliphatic heterocycles. The number of hydrogen-bond donors (Lipinski definition) is 1. The van der Waals surface area contributed by atoms with Gasteiger partial charge in [-0.15, -0.1) is 0 Å². The lowest BCUT2D eigenvalue weighted by Crippen LogP contribution is -2.02. The molecule has 2 N–H and O–H groups in total. The van der Waals surface area contributed by atoms with Crippen molar-refractivity contribution in [2.24, 2.45) is 5.73 Å². The lowest BCUT2D eigenvalue weighted by Gasteiger charge is -2.04. The zero-order valence-electron chi connectivity index (χ0n) is 9.85. The Bertz CT molecular complexity index is 463. The van der Waals surface area contributed by atoms with Gasteiger partial charge in [0, 0.05) is 12.0 Å². The quantitative estimate of drug-likeness (QED) is 0.858. The number of nitrogens with two attached hydrogens (primary N) is 1. The van der Waals surface area contributed by atoms with E-state index in [9.17, 15) is 0 Å². The molecule has 0 saturated carbocycles. The fourth-order valence-electron chi connectivity index (χ4n) is 1.69. The third-order valence-electron chi connectivity index (χ3n) is 2.45. The van der Waals surface area contributed by atoms with Gasteiger partial charge < -0.3 is 14.9 Å². The van der Waals surface area contributed by atoms with Gasteiger partial charge in [-0.1, -0.05) is 0 Å². The molecule has 0 saturated heterocycles. The predicted molar refractivity (Wildman–Crippen MR) is 65.9 cm³/mol. The van der Waals surface area contributed by atoms with Crippen molar-refractivity contribution in [1.29, 1.82) is 0 Å². The van der Waals surface area contributed by atoms with Crippen molar-refractivity contribution in [2.45, 2.75) is 13.3 Å². The average molecular weight is 232 g/mol. The molecule has 0 spiro atoms. The maximum Gasteiger partial charge on any atom is 0.181 e. The molecule has 2 rings (SSSR count). The zero-order valence-corrected chi connectivity index (χ0v) is 9.85. The number of rotatable bonds is 5. The molecule has 1 aromatic carbocycles. The maximum absolute atomic E-state index is 5.52. The minimum absolute atomic E-state index is 0.555. The molecule has 0 radical (unpaired) electrons. The summed E-state index contributed by atoms with van der Waals surface area (Å²) in [6.45, 7) is 3.19. The first-order chi connectivity index (χ1) is 8.35. The Labute approximate surface area is 100 Å². The van der Waals surface area contributed by atoms with E-state index >= 15 is 0 Å². The molecule has 0 unspecified atom stereocenters. The highest BCUT2D eigenvalue weighted by molar-refractivity contribution is 5.61. The molecule has 0 amide bonds. The summed E-state index contributed by atoms with van der Waals surface area (Å²) in [6, 6.07) is 7.81. The van der Waals surface area contributed by atoms with E-state index in [-0.39, 0.29) is 0 Å². The summed E-state index contributed by atoms with van der Waals surface area (Å²) in [5.41, 5.74) is 7.40. The molecular weight excluding hydrogens is 216 g/mol. The van der Waals surface area contributed by atoms with Crippen LogP contribution in [0.2, 0.25) is 0 Å². The van der Waals surface area contributed by atoms with Gasteiger partial charge in [0.2, 0.25) is 0 Å². The summed E-state index contributed by atoms with van der Waals surface area (Å²) < 4.78 is 10.7. The van der Waals surface area contributed by atoms with E-state index in [4.69, 9.17) is 14.9 Å². The number of hydrogen-bond acceptors (Lipinski definition) is 4. The van der Waals surface area contributed by atoms with Crippen LogP contribution in [0, 0.1) is 0 Å². The first-order valence-electron chi connectivity index (χ1n) is 5.70. The molecule has 17 heavy (non-hydrogen) atoms. The van der Waals surface area contributed by atoms with Crippen LogP contribution in [-0.4, -0.2) is 18.1 Å². The van der Waals surface area contributed by atoms with Crippen molar-refractivity contribution in [3.8, 4) is 17.0 Å². The Hall–Kier alpha value is -1.81. The van der Waals surface area contributed by atoms with Gasteiger partial charge in [0.25, 0.3) is 0 Å². The molecule has 0 aliphatic carbocycles. The molecule has 0 fully saturated rings. The average Bonchev–Trinajstić information content (AvgIpc) is 2.79. The van der Waals surface area contributed by atoms with Crippen molar-refractivity contribution < 1.29 is 9.15 Å². The number of ether oxygens (including phenoxy) is 1. The van der Waals surface area contributed by atoms with E-state index in [2.05, 4.69) is 4.98 Å². The van der Waals surface area contributed by atoms with Gasteiger partial charge in [0.15, 0.2) is 6.39 Å². The van der Waals surface area contributed by atoms with Gasteiger partial charge in [0.1, 0.15) is 17.2 Å².